The number of pyridine rings is 1. The highest BCUT2D eigenvalue weighted by Gasteiger charge is 2.14. The fourth-order valence-corrected chi connectivity index (χ4v) is 2.22. The molecular formula is C16H19FN2. The Morgan fingerprint density at radius 3 is 2.53 bits per heavy atom. The van der Waals surface area contributed by atoms with Crippen LogP contribution < -0.4 is 5.32 Å². The normalized spacial score (nSPS) is 14.1. The standard InChI is InChI=1S/C16H19FN2/c1-3-16(14-5-4-6-15(17)11-14)19-12(2)13-7-9-18-10-8-13/h4-12,16,19H,3H2,1-2H3/t12-,16?/m1/s1. The highest BCUT2D eigenvalue weighted by molar-refractivity contribution is 5.21. The lowest BCUT2D eigenvalue weighted by molar-refractivity contribution is 0.454. The molecule has 19 heavy (non-hydrogen) atoms. The highest BCUT2D eigenvalue weighted by atomic mass is 19.1. The van der Waals surface area contributed by atoms with Crippen molar-refractivity contribution in [1.82, 2.24) is 10.3 Å². The van der Waals surface area contributed by atoms with Gasteiger partial charge in [-0.2, -0.15) is 0 Å². The number of nitrogens with one attached hydrogen (secondary N) is 1. The van der Waals surface area contributed by atoms with Crippen LogP contribution in [0.25, 0.3) is 0 Å². The van der Waals surface area contributed by atoms with Crippen LogP contribution in [0.3, 0.4) is 0 Å². The largest absolute Gasteiger partial charge is 0.303 e. The Hall–Kier alpha value is -1.74. The summed E-state index contributed by atoms with van der Waals surface area (Å²) in [5.41, 5.74) is 2.17. The molecule has 0 bridgehead atoms. The molecule has 1 aromatic heterocycles. The van der Waals surface area contributed by atoms with Gasteiger partial charge in [-0.25, -0.2) is 4.39 Å². The van der Waals surface area contributed by atoms with Gasteiger partial charge in [0.15, 0.2) is 0 Å². The molecule has 2 rings (SSSR count). The third-order valence-corrected chi connectivity index (χ3v) is 3.32. The Labute approximate surface area is 113 Å². The molecule has 1 heterocycles. The first kappa shape index (κ1) is 13.7. The first-order chi connectivity index (χ1) is 9.20. The van der Waals surface area contributed by atoms with E-state index in [9.17, 15) is 4.39 Å². The minimum Gasteiger partial charge on any atom is -0.303 e. The molecule has 0 radical (unpaired) electrons. The summed E-state index contributed by atoms with van der Waals surface area (Å²) < 4.78 is 13.3. The van der Waals surface area contributed by atoms with E-state index in [0.717, 1.165) is 12.0 Å². The first-order valence-electron chi connectivity index (χ1n) is 6.62. The predicted molar refractivity (Wildman–Crippen MR) is 75.2 cm³/mol. The van der Waals surface area contributed by atoms with Crippen molar-refractivity contribution >= 4 is 0 Å². The molecule has 1 N–H and O–H groups in total. The van der Waals surface area contributed by atoms with Crippen molar-refractivity contribution < 1.29 is 4.39 Å². The van der Waals surface area contributed by atoms with Crippen LogP contribution >= 0.6 is 0 Å². The SMILES string of the molecule is CCC(N[C@H](C)c1ccncc1)c1cccc(F)c1. The van der Waals surface area contributed by atoms with Crippen LogP contribution in [0.15, 0.2) is 48.8 Å². The van der Waals surface area contributed by atoms with Crippen molar-refractivity contribution in [3.8, 4) is 0 Å². The zero-order chi connectivity index (χ0) is 13.7. The Morgan fingerprint density at radius 1 is 1.16 bits per heavy atom. The van der Waals surface area contributed by atoms with Crippen molar-refractivity contribution in [3.63, 3.8) is 0 Å². The predicted octanol–water partition coefficient (Wildman–Crippen LogP) is 4.02. The molecule has 1 unspecified atom stereocenters. The molecular weight excluding hydrogens is 239 g/mol. The van der Waals surface area contributed by atoms with Crippen molar-refractivity contribution in [3.05, 3.63) is 65.7 Å². The second-order valence-electron chi connectivity index (χ2n) is 4.68. The molecule has 2 atom stereocenters. The molecule has 0 saturated heterocycles. The van der Waals surface area contributed by atoms with Gasteiger partial charge >= 0.3 is 0 Å². The first-order valence-corrected chi connectivity index (χ1v) is 6.62. The lowest BCUT2D eigenvalue weighted by atomic mass is 10.0. The van der Waals surface area contributed by atoms with E-state index in [1.165, 1.54) is 11.6 Å². The van der Waals surface area contributed by atoms with Crippen LogP contribution in [0.2, 0.25) is 0 Å². The van der Waals surface area contributed by atoms with Crippen molar-refractivity contribution in [1.29, 1.82) is 0 Å². The van der Waals surface area contributed by atoms with E-state index in [1.54, 1.807) is 24.5 Å². The van der Waals surface area contributed by atoms with Crippen LogP contribution in [0.1, 0.15) is 43.5 Å². The average Bonchev–Trinajstić information content (AvgIpc) is 2.45. The molecule has 0 aliphatic heterocycles. The maximum absolute atomic E-state index is 13.3. The van der Waals surface area contributed by atoms with E-state index in [0.29, 0.717) is 0 Å². The fourth-order valence-electron chi connectivity index (χ4n) is 2.22. The van der Waals surface area contributed by atoms with Crippen LogP contribution in [0.5, 0.6) is 0 Å². The monoisotopic (exact) mass is 258 g/mol. The molecule has 2 aromatic rings. The third-order valence-electron chi connectivity index (χ3n) is 3.32. The van der Waals surface area contributed by atoms with Gasteiger partial charge in [0.2, 0.25) is 0 Å². The van der Waals surface area contributed by atoms with Crippen molar-refractivity contribution in [2.24, 2.45) is 0 Å². The average molecular weight is 258 g/mol. The zero-order valence-electron chi connectivity index (χ0n) is 11.3. The molecule has 0 fully saturated rings. The van der Waals surface area contributed by atoms with E-state index >= 15 is 0 Å². The maximum Gasteiger partial charge on any atom is 0.123 e. The van der Waals surface area contributed by atoms with Crippen molar-refractivity contribution in [2.75, 3.05) is 0 Å². The summed E-state index contributed by atoms with van der Waals surface area (Å²) in [6, 6.07) is 11.1. The minimum atomic E-state index is -0.186. The maximum atomic E-state index is 13.3. The highest BCUT2D eigenvalue weighted by Crippen LogP contribution is 2.22. The van der Waals surface area contributed by atoms with E-state index in [1.807, 2.05) is 18.2 Å². The Balaban J connectivity index is 2.11. The van der Waals surface area contributed by atoms with Crippen LogP contribution in [0.4, 0.5) is 4.39 Å². The number of hydrogen-bond donors (Lipinski definition) is 1. The summed E-state index contributed by atoms with van der Waals surface area (Å²) in [6.07, 6.45) is 4.49. The van der Waals surface area contributed by atoms with Gasteiger partial charge in [0.1, 0.15) is 5.82 Å². The number of hydrogen-bond acceptors (Lipinski definition) is 2. The molecule has 100 valence electrons. The molecule has 0 spiro atoms. The molecule has 0 aliphatic rings. The summed E-state index contributed by atoms with van der Waals surface area (Å²) in [6.45, 7) is 4.21. The summed E-state index contributed by atoms with van der Waals surface area (Å²) >= 11 is 0. The Morgan fingerprint density at radius 2 is 1.89 bits per heavy atom. The topological polar surface area (TPSA) is 24.9 Å². The Bertz CT molecular complexity index is 513. The van der Waals surface area contributed by atoms with Crippen molar-refractivity contribution in [2.45, 2.75) is 32.4 Å². The zero-order valence-corrected chi connectivity index (χ0v) is 11.3. The number of benzene rings is 1. The fraction of sp³-hybridized carbons (Fsp3) is 0.312. The van der Waals surface area contributed by atoms with Gasteiger partial charge in [-0.1, -0.05) is 19.1 Å². The smallest absolute Gasteiger partial charge is 0.123 e. The van der Waals surface area contributed by atoms with Gasteiger partial charge in [-0.15, -0.1) is 0 Å². The van der Waals surface area contributed by atoms with Crippen LogP contribution in [-0.2, 0) is 0 Å². The second kappa shape index (κ2) is 6.43. The van der Waals surface area contributed by atoms with E-state index < -0.39 is 0 Å². The Kier molecular flexibility index (Phi) is 4.63. The number of rotatable bonds is 5. The van der Waals surface area contributed by atoms with E-state index in [2.05, 4.69) is 24.1 Å². The van der Waals surface area contributed by atoms with Gasteiger partial charge in [0.25, 0.3) is 0 Å². The number of nitrogens with zero attached hydrogens (tertiary/aromatic N) is 1. The van der Waals surface area contributed by atoms with Crippen LogP contribution in [-0.4, -0.2) is 4.98 Å². The number of aromatic nitrogens is 1. The molecule has 0 aliphatic carbocycles. The van der Waals surface area contributed by atoms with E-state index in [-0.39, 0.29) is 17.9 Å². The molecule has 0 amide bonds. The van der Waals surface area contributed by atoms with Gasteiger partial charge in [-0.3, -0.25) is 4.98 Å². The molecule has 3 heteroatoms. The quantitative estimate of drug-likeness (QED) is 0.876. The lowest BCUT2D eigenvalue weighted by Crippen LogP contribution is -2.24. The minimum absolute atomic E-state index is 0.152. The van der Waals surface area contributed by atoms with Gasteiger partial charge in [0, 0.05) is 24.5 Å². The van der Waals surface area contributed by atoms with Crippen LogP contribution in [0, 0.1) is 5.82 Å². The molecule has 2 nitrogen and oxygen atoms in total. The second-order valence-corrected chi connectivity index (χ2v) is 4.68. The summed E-state index contributed by atoms with van der Waals surface area (Å²) in [4.78, 5) is 4.02. The summed E-state index contributed by atoms with van der Waals surface area (Å²) in [5.74, 6) is -0.186. The van der Waals surface area contributed by atoms with E-state index in [4.69, 9.17) is 0 Å². The summed E-state index contributed by atoms with van der Waals surface area (Å²) in [7, 11) is 0. The molecule has 1 aromatic carbocycles. The third kappa shape index (κ3) is 3.61. The van der Waals surface area contributed by atoms with Gasteiger partial charge < -0.3 is 5.32 Å². The summed E-state index contributed by atoms with van der Waals surface area (Å²) in [5, 5.41) is 3.53. The lowest BCUT2D eigenvalue weighted by Gasteiger charge is -2.23. The van der Waals surface area contributed by atoms with Gasteiger partial charge in [0.05, 0.1) is 0 Å². The van der Waals surface area contributed by atoms with Gasteiger partial charge in [-0.05, 0) is 48.7 Å². The molecule has 0 saturated carbocycles. The number of halogens is 1.